The summed E-state index contributed by atoms with van der Waals surface area (Å²) in [5.41, 5.74) is 0.968. The Morgan fingerprint density at radius 2 is 1.55 bits per heavy atom. The molecular formula is C14H17F5O. The second kappa shape index (κ2) is 7.57. The van der Waals surface area contributed by atoms with E-state index < -0.39 is 24.9 Å². The summed E-state index contributed by atoms with van der Waals surface area (Å²) in [6, 6.07) is 9.33. The average molecular weight is 296 g/mol. The summed E-state index contributed by atoms with van der Waals surface area (Å²) in [4.78, 5) is 0. The SMILES string of the molecule is FC(F)(F)CC(F)(F)CCCCOCc1ccccc1. The highest BCUT2D eigenvalue weighted by Gasteiger charge is 2.42. The van der Waals surface area contributed by atoms with Crippen LogP contribution in [0.4, 0.5) is 22.0 Å². The van der Waals surface area contributed by atoms with Crippen molar-refractivity contribution in [2.24, 2.45) is 0 Å². The summed E-state index contributed by atoms with van der Waals surface area (Å²) < 4.78 is 66.7. The molecule has 0 amide bonds. The van der Waals surface area contributed by atoms with E-state index in [4.69, 9.17) is 4.74 Å². The van der Waals surface area contributed by atoms with Crippen LogP contribution in [0, 0.1) is 0 Å². The molecule has 1 aromatic rings. The van der Waals surface area contributed by atoms with Gasteiger partial charge in [0.05, 0.1) is 6.61 Å². The molecule has 0 atom stereocenters. The second-order valence-corrected chi connectivity index (χ2v) is 4.64. The van der Waals surface area contributed by atoms with Crippen molar-refractivity contribution in [3.05, 3.63) is 35.9 Å². The molecule has 0 saturated carbocycles. The first-order chi connectivity index (χ1) is 9.29. The first kappa shape index (κ1) is 16.9. The first-order valence-electron chi connectivity index (χ1n) is 6.35. The largest absolute Gasteiger partial charge is 0.394 e. The molecule has 20 heavy (non-hydrogen) atoms. The van der Waals surface area contributed by atoms with Crippen molar-refractivity contribution >= 4 is 0 Å². The van der Waals surface area contributed by atoms with Crippen molar-refractivity contribution in [3.8, 4) is 0 Å². The van der Waals surface area contributed by atoms with Gasteiger partial charge in [0.25, 0.3) is 5.92 Å². The molecule has 0 spiro atoms. The van der Waals surface area contributed by atoms with Gasteiger partial charge in [0, 0.05) is 13.0 Å². The fourth-order valence-electron chi connectivity index (χ4n) is 1.73. The zero-order chi connectivity index (χ0) is 15.1. The van der Waals surface area contributed by atoms with Crippen molar-refractivity contribution < 1.29 is 26.7 Å². The lowest BCUT2D eigenvalue weighted by Crippen LogP contribution is -2.25. The van der Waals surface area contributed by atoms with Crippen LogP contribution in [0.1, 0.15) is 31.2 Å². The van der Waals surface area contributed by atoms with Gasteiger partial charge in [-0.15, -0.1) is 0 Å². The van der Waals surface area contributed by atoms with E-state index in [1.54, 1.807) is 0 Å². The number of alkyl halides is 5. The highest BCUT2D eigenvalue weighted by Crippen LogP contribution is 2.34. The molecule has 1 rings (SSSR count). The van der Waals surface area contributed by atoms with E-state index in [1.807, 2.05) is 30.3 Å². The predicted molar refractivity (Wildman–Crippen MR) is 65.6 cm³/mol. The van der Waals surface area contributed by atoms with E-state index in [0.717, 1.165) is 5.56 Å². The van der Waals surface area contributed by atoms with E-state index in [1.165, 1.54) is 0 Å². The summed E-state index contributed by atoms with van der Waals surface area (Å²) in [6.45, 7) is 0.636. The van der Waals surface area contributed by atoms with E-state index in [2.05, 4.69) is 0 Å². The predicted octanol–water partition coefficient (Wildman–Crippen LogP) is 4.96. The summed E-state index contributed by atoms with van der Waals surface area (Å²) in [5.74, 6) is -3.68. The molecule has 114 valence electrons. The van der Waals surface area contributed by atoms with Gasteiger partial charge in [0.15, 0.2) is 0 Å². The minimum absolute atomic E-state index is 0.0118. The summed E-state index contributed by atoms with van der Waals surface area (Å²) in [7, 11) is 0. The minimum Gasteiger partial charge on any atom is -0.377 e. The van der Waals surface area contributed by atoms with Crippen LogP contribution >= 0.6 is 0 Å². The van der Waals surface area contributed by atoms with Crippen molar-refractivity contribution in [3.63, 3.8) is 0 Å². The molecule has 0 saturated heterocycles. The standard InChI is InChI=1S/C14H17F5O/c15-13(16,11-14(17,18)19)8-4-5-9-20-10-12-6-2-1-3-7-12/h1-3,6-7H,4-5,8-11H2. The van der Waals surface area contributed by atoms with Crippen LogP contribution in [0.25, 0.3) is 0 Å². The van der Waals surface area contributed by atoms with Crippen LogP contribution in [0.15, 0.2) is 30.3 Å². The van der Waals surface area contributed by atoms with Gasteiger partial charge in [0.2, 0.25) is 0 Å². The van der Waals surface area contributed by atoms with Crippen molar-refractivity contribution in [2.45, 2.75) is 44.4 Å². The molecule has 0 aliphatic rings. The zero-order valence-electron chi connectivity index (χ0n) is 10.9. The van der Waals surface area contributed by atoms with Gasteiger partial charge in [0.1, 0.15) is 6.42 Å². The summed E-state index contributed by atoms with van der Waals surface area (Å²) in [5, 5.41) is 0. The summed E-state index contributed by atoms with van der Waals surface area (Å²) in [6.07, 6.45) is -7.31. The van der Waals surface area contributed by atoms with Crippen LogP contribution < -0.4 is 0 Å². The van der Waals surface area contributed by atoms with Gasteiger partial charge in [-0.2, -0.15) is 13.2 Å². The minimum atomic E-state index is -4.83. The lowest BCUT2D eigenvalue weighted by molar-refractivity contribution is -0.189. The van der Waals surface area contributed by atoms with Crippen LogP contribution in [0.3, 0.4) is 0 Å². The molecule has 0 radical (unpaired) electrons. The highest BCUT2D eigenvalue weighted by atomic mass is 19.4. The number of unbranched alkanes of at least 4 members (excludes halogenated alkanes) is 1. The number of benzene rings is 1. The molecule has 0 N–H and O–H groups in total. The number of halogens is 5. The van der Waals surface area contributed by atoms with Crippen LogP contribution in [-0.4, -0.2) is 18.7 Å². The third-order valence-corrected chi connectivity index (χ3v) is 2.65. The Hall–Kier alpha value is -1.17. The maximum Gasteiger partial charge on any atom is 0.394 e. The van der Waals surface area contributed by atoms with Gasteiger partial charge < -0.3 is 4.74 Å². The zero-order valence-corrected chi connectivity index (χ0v) is 10.9. The van der Waals surface area contributed by atoms with Crippen LogP contribution in [0.2, 0.25) is 0 Å². The molecule has 0 bridgehead atoms. The van der Waals surface area contributed by atoms with Gasteiger partial charge in [-0.25, -0.2) is 8.78 Å². The van der Waals surface area contributed by atoms with E-state index in [-0.39, 0.29) is 13.0 Å². The smallest absolute Gasteiger partial charge is 0.377 e. The molecule has 0 aromatic heterocycles. The first-order valence-corrected chi connectivity index (χ1v) is 6.35. The molecule has 0 aliphatic carbocycles. The van der Waals surface area contributed by atoms with E-state index in [0.29, 0.717) is 13.0 Å². The molecule has 0 heterocycles. The lowest BCUT2D eigenvalue weighted by Gasteiger charge is -2.17. The summed E-state index contributed by atoms with van der Waals surface area (Å²) >= 11 is 0. The normalized spacial score (nSPS) is 12.7. The monoisotopic (exact) mass is 296 g/mol. The molecule has 0 aliphatic heterocycles. The number of rotatable bonds is 8. The Bertz CT molecular complexity index is 375. The fourth-order valence-corrected chi connectivity index (χ4v) is 1.73. The maximum atomic E-state index is 12.9. The fraction of sp³-hybridized carbons (Fsp3) is 0.571. The van der Waals surface area contributed by atoms with Gasteiger partial charge >= 0.3 is 6.18 Å². The molecule has 0 fully saturated rings. The van der Waals surface area contributed by atoms with E-state index >= 15 is 0 Å². The molecule has 1 nitrogen and oxygen atoms in total. The quantitative estimate of drug-likeness (QED) is 0.486. The van der Waals surface area contributed by atoms with Crippen molar-refractivity contribution in [2.75, 3.05) is 6.61 Å². The van der Waals surface area contributed by atoms with Gasteiger partial charge in [-0.3, -0.25) is 0 Å². The number of ether oxygens (including phenoxy) is 1. The van der Waals surface area contributed by atoms with Crippen LogP contribution in [0.5, 0.6) is 0 Å². The Labute approximate surface area is 114 Å². The third-order valence-electron chi connectivity index (χ3n) is 2.65. The van der Waals surface area contributed by atoms with Crippen LogP contribution in [-0.2, 0) is 11.3 Å². The third kappa shape index (κ3) is 8.09. The Balaban J connectivity index is 2.10. The Morgan fingerprint density at radius 1 is 0.900 bits per heavy atom. The maximum absolute atomic E-state index is 12.9. The Morgan fingerprint density at radius 3 is 2.15 bits per heavy atom. The van der Waals surface area contributed by atoms with E-state index in [9.17, 15) is 22.0 Å². The van der Waals surface area contributed by atoms with Gasteiger partial charge in [-0.1, -0.05) is 30.3 Å². The Kier molecular flexibility index (Phi) is 6.39. The highest BCUT2D eigenvalue weighted by molar-refractivity contribution is 5.13. The van der Waals surface area contributed by atoms with Gasteiger partial charge in [-0.05, 0) is 18.4 Å². The molecule has 1 aromatic carbocycles. The van der Waals surface area contributed by atoms with Crippen molar-refractivity contribution in [1.82, 2.24) is 0 Å². The van der Waals surface area contributed by atoms with Crippen molar-refractivity contribution in [1.29, 1.82) is 0 Å². The lowest BCUT2D eigenvalue weighted by atomic mass is 10.1. The molecule has 6 heteroatoms. The second-order valence-electron chi connectivity index (χ2n) is 4.64. The average Bonchev–Trinajstić information content (AvgIpc) is 2.32. The topological polar surface area (TPSA) is 9.23 Å². The number of hydrogen-bond donors (Lipinski definition) is 0. The molecule has 0 unspecified atom stereocenters. The molecular weight excluding hydrogens is 279 g/mol. The number of hydrogen-bond acceptors (Lipinski definition) is 1.